The molecule has 10 nitrogen and oxygen atoms in total. The first kappa shape index (κ1) is 21.5. The Morgan fingerprint density at radius 1 is 1.06 bits per heavy atom. The molecule has 2 aromatic carbocycles. The number of benzene rings is 2. The van der Waals surface area contributed by atoms with Crippen LogP contribution in [0.4, 0.5) is 5.69 Å². The van der Waals surface area contributed by atoms with Crippen LogP contribution in [0, 0.1) is 10.1 Å². The average Bonchev–Trinajstić information content (AvgIpc) is 3.58. The number of rotatable bonds is 8. The van der Waals surface area contributed by atoms with Crippen molar-refractivity contribution in [3.8, 4) is 0 Å². The fourth-order valence-corrected chi connectivity index (χ4v) is 3.81. The minimum Gasteiger partial charge on any atom is -0.301 e. The molecule has 0 atom stereocenters. The van der Waals surface area contributed by atoms with Crippen LogP contribution in [0.5, 0.6) is 0 Å². The number of nitrogens with zero attached hydrogens (tertiary/aromatic N) is 4. The molecule has 4 rings (SSSR count). The summed E-state index contributed by atoms with van der Waals surface area (Å²) < 4.78 is 2.04. The van der Waals surface area contributed by atoms with Crippen molar-refractivity contribution in [3.05, 3.63) is 81.7 Å². The van der Waals surface area contributed by atoms with E-state index in [2.05, 4.69) is 21.0 Å². The largest absolute Gasteiger partial charge is 0.301 e. The van der Waals surface area contributed by atoms with E-state index in [9.17, 15) is 19.7 Å². The van der Waals surface area contributed by atoms with Gasteiger partial charge in [-0.2, -0.15) is 0 Å². The maximum Gasteiger partial charge on any atom is 0.269 e. The van der Waals surface area contributed by atoms with Gasteiger partial charge in [0.05, 0.1) is 17.2 Å². The Hall–Kier alpha value is -3.73. The minimum atomic E-state index is -0.568. The van der Waals surface area contributed by atoms with Gasteiger partial charge < -0.3 is 4.57 Å². The molecule has 0 spiro atoms. The lowest BCUT2D eigenvalue weighted by Gasteiger charge is -2.10. The molecule has 3 aromatic rings. The molecule has 1 aliphatic rings. The van der Waals surface area contributed by atoms with Crippen molar-refractivity contribution in [1.29, 1.82) is 0 Å². The number of non-ortho nitro benzene ring substituents is 1. The van der Waals surface area contributed by atoms with Crippen molar-refractivity contribution in [2.45, 2.75) is 30.5 Å². The van der Waals surface area contributed by atoms with E-state index in [1.54, 1.807) is 0 Å². The molecule has 2 amide bonds. The molecule has 11 heteroatoms. The third-order valence-corrected chi connectivity index (χ3v) is 5.83. The van der Waals surface area contributed by atoms with Crippen LogP contribution in [0.2, 0.25) is 0 Å². The topological polar surface area (TPSA) is 132 Å². The summed E-state index contributed by atoms with van der Waals surface area (Å²) in [5, 5.41) is 19.9. The normalized spacial score (nSPS) is 12.9. The van der Waals surface area contributed by atoms with E-state index in [1.807, 2.05) is 34.9 Å². The van der Waals surface area contributed by atoms with Crippen LogP contribution in [0.1, 0.15) is 40.5 Å². The number of thioether (sulfide) groups is 1. The molecule has 1 heterocycles. The first-order valence-electron chi connectivity index (χ1n) is 9.94. The number of carbonyl (C=O) groups is 2. The lowest BCUT2D eigenvalue weighted by Crippen LogP contribution is -2.42. The van der Waals surface area contributed by atoms with E-state index in [1.165, 1.54) is 36.0 Å². The molecule has 0 aliphatic heterocycles. The smallest absolute Gasteiger partial charge is 0.269 e. The van der Waals surface area contributed by atoms with Crippen molar-refractivity contribution >= 4 is 29.3 Å². The summed E-state index contributed by atoms with van der Waals surface area (Å²) >= 11 is 1.24. The summed E-state index contributed by atoms with van der Waals surface area (Å²) in [6, 6.07) is 15.1. The second-order valence-corrected chi connectivity index (χ2v) is 8.22. The number of hydrazine groups is 1. The highest BCUT2D eigenvalue weighted by molar-refractivity contribution is 7.99. The number of nitro benzene ring substituents is 1. The van der Waals surface area contributed by atoms with Gasteiger partial charge in [0.25, 0.3) is 11.6 Å². The van der Waals surface area contributed by atoms with Gasteiger partial charge in [-0.1, -0.05) is 42.1 Å². The van der Waals surface area contributed by atoms with Crippen molar-refractivity contribution < 1.29 is 14.5 Å². The molecule has 1 fully saturated rings. The maximum atomic E-state index is 12.2. The van der Waals surface area contributed by atoms with Gasteiger partial charge in [-0.15, -0.1) is 10.2 Å². The van der Waals surface area contributed by atoms with Gasteiger partial charge >= 0.3 is 0 Å². The standard InChI is InChI=1S/C21H20N6O4S/c28-18(22-24-20(29)16-8-10-17(11-9-16)27(30)31)13-32-21-25-23-19(15-6-7-15)26(21)12-14-4-2-1-3-5-14/h1-5,8-11,15H,6-7,12-13H2,(H,22,28)(H,24,29). The van der Waals surface area contributed by atoms with Crippen LogP contribution in [0.15, 0.2) is 59.8 Å². The van der Waals surface area contributed by atoms with E-state index in [4.69, 9.17) is 0 Å². The summed E-state index contributed by atoms with van der Waals surface area (Å²) in [4.78, 5) is 34.5. The first-order valence-corrected chi connectivity index (χ1v) is 10.9. The third kappa shape index (κ3) is 5.30. The molecule has 1 aromatic heterocycles. The lowest BCUT2D eigenvalue weighted by molar-refractivity contribution is -0.384. The Kier molecular flexibility index (Phi) is 6.45. The maximum absolute atomic E-state index is 12.2. The molecule has 0 radical (unpaired) electrons. The number of nitrogens with one attached hydrogen (secondary N) is 2. The number of hydrogen-bond acceptors (Lipinski definition) is 7. The summed E-state index contributed by atoms with van der Waals surface area (Å²) in [5.41, 5.74) is 5.85. The van der Waals surface area contributed by atoms with Crippen molar-refractivity contribution in [3.63, 3.8) is 0 Å². The van der Waals surface area contributed by atoms with E-state index >= 15 is 0 Å². The zero-order valence-corrected chi connectivity index (χ0v) is 17.7. The highest BCUT2D eigenvalue weighted by Crippen LogP contribution is 2.40. The minimum absolute atomic E-state index is 0.0398. The highest BCUT2D eigenvalue weighted by Gasteiger charge is 2.30. The van der Waals surface area contributed by atoms with E-state index in [-0.39, 0.29) is 17.0 Å². The lowest BCUT2D eigenvalue weighted by atomic mass is 10.2. The summed E-state index contributed by atoms with van der Waals surface area (Å²) in [6.45, 7) is 0.626. The van der Waals surface area contributed by atoms with Crippen LogP contribution in [-0.4, -0.2) is 37.3 Å². The molecule has 0 bridgehead atoms. The second kappa shape index (κ2) is 9.60. The SMILES string of the molecule is O=C(CSc1nnc(C2CC2)n1Cc1ccccc1)NNC(=O)c1ccc([N+](=O)[O-])cc1. The van der Waals surface area contributed by atoms with Crippen molar-refractivity contribution in [2.75, 3.05) is 5.75 Å². The quantitative estimate of drug-likeness (QED) is 0.305. The predicted octanol–water partition coefficient (Wildman–Crippen LogP) is 2.67. The zero-order chi connectivity index (χ0) is 22.5. The summed E-state index contributed by atoms with van der Waals surface area (Å²) in [6.07, 6.45) is 2.18. The van der Waals surface area contributed by atoms with Crippen molar-refractivity contribution in [1.82, 2.24) is 25.6 Å². The van der Waals surface area contributed by atoms with Gasteiger partial charge in [-0.05, 0) is 30.5 Å². The molecular weight excluding hydrogens is 432 g/mol. The van der Waals surface area contributed by atoms with E-state index in [0.29, 0.717) is 17.6 Å². The zero-order valence-electron chi connectivity index (χ0n) is 16.9. The molecule has 0 unspecified atom stereocenters. The molecule has 32 heavy (non-hydrogen) atoms. The van der Waals surface area contributed by atoms with Gasteiger partial charge in [0, 0.05) is 23.6 Å². The molecule has 1 aliphatic carbocycles. The van der Waals surface area contributed by atoms with Crippen molar-refractivity contribution in [2.24, 2.45) is 0 Å². The predicted molar refractivity (Wildman–Crippen MR) is 117 cm³/mol. The van der Waals surface area contributed by atoms with Crippen LogP contribution >= 0.6 is 11.8 Å². The molecular formula is C21H20N6O4S. The van der Waals surface area contributed by atoms with Gasteiger partial charge in [-0.25, -0.2) is 0 Å². The number of hydrogen-bond donors (Lipinski definition) is 2. The highest BCUT2D eigenvalue weighted by atomic mass is 32.2. The second-order valence-electron chi connectivity index (χ2n) is 7.28. The molecule has 2 N–H and O–H groups in total. The van der Waals surface area contributed by atoms with Crippen LogP contribution in [0.25, 0.3) is 0 Å². The van der Waals surface area contributed by atoms with Crippen LogP contribution < -0.4 is 10.9 Å². The average molecular weight is 452 g/mol. The summed E-state index contributed by atoms with van der Waals surface area (Å²) in [7, 11) is 0. The Morgan fingerprint density at radius 2 is 1.78 bits per heavy atom. The Bertz CT molecular complexity index is 1130. The van der Waals surface area contributed by atoms with E-state index < -0.39 is 16.7 Å². The third-order valence-electron chi connectivity index (χ3n) is 4.86. The number of nitro groups is 1. The Labute approximate surface area is 187 Å². The molecule has 164 valence electrons. The number of aromatic nitrogens is 3. The molecule has 0 saturated heterocycles. The van der Waals surface area contributed by atoms with Crippen LogP contribution in [0.3, 0.4) is 0 Å². The molecule has 1 saturated carbocycles. The number of carbonyl (C=O) groups excluding carboxylic acids is 2. The summed E-state index contributed by atoms with van der Waals surface area (Å²) in [5.74, 6) is 0.408. The fourth-order valence-electron chi connectivity index (χ4n) is 3.06. The van der Waals surface area contributed by atoms with Gasteiger partial charge in [0.2, 0.25) is 5.91 Å². The first-order chi connectivity index (χ1) is 15.5. The monoisotopic (exact) mass is 452 g/mol. The van der Waals surface area contributed by atoms with E-state index in [0.717, 1.165) is 24.2 Å². The Balaban J connectivity index is 1.33. The van der Waals surface area contributed by atoms with Crippen LogP contribution in [-0.2, 0) is 11.3 Å². The van der Waals surface area contributed by atoms with Gasteiger partial charge in [0.15, 0.2) is 5.16 Å². The Morgan fingerprint density at radius 3 is 2.44 bits per heavy atom. The van der Waals surface area contributed by atoms with Gasteiger partial charge in [0.1, 0.15) is 5.82 Å². The number of amides is 2. The van der Waals surface area contributed by atoms with Gasteiger partial charge in [-0.3, -0.25) is 30.6 Å². The fraction of sp³-hybridized carbons (Fsp3) is 0.238.